The lowest BCUT2D eigenvalue weighted by molar-refractivity contribution is -0.121. The van der Waals surface area contributed by atoms with Gasteiger partial charge in [0.15, 0.2) is 0 Å². The molecule has 4 aromatic rings. The second kappa shape index (κ2) is 10.7. The number of aromatic nitrogens is 3. The van der Waals surface area contributed by atoms with Crippen molar-refractivity contribution >= 4 is 50.8 Å². The molecule has 0 aliphatic rings. The number of pyridine rings is 1. The summed E-state index contributed by atoms with van der Waals surface area (Å²) >= 11 is 5.95. The predicted molar refractivity (Wildman–Crippen MR) is 142 cm³/mol. The molecule has 0 fully saturated rings. The number of nitrogens with zero attached hydrogens (tertiary/aromatic N) is 4. The highest BCUT2D eigenvalue weighted by Gasteiger charge is 2.22. The third-order valence-corrected chi connectivity index (χ3v) is 7.53. The van der Waals surface area contributed by atoms with E-state index < -0.39 is 27.7 Å². The predicted octanol–water partition coefficient (Wildman–Crippen LogP) is 3.92. The van der Waals surface area contributed by atoms with Gasteiger partial charge in [0, 0.05) is 18.3 Å². The van der Waals surface area contributed by atoms with Crippen LogP contribution >= 0.6 is 11.6 Å². The van der Waals surface area contributed by atoms with Crippen LogP contribution in [0.1, 0.15) is 6.92 Å². The van der Waals surface area contributed by atoms with Crippen LogP contribution in [-0.4, -0.2) is 42.7 Å². The summed E-state index contributed by atoms with van der Waals surface area (Å²) in [6.45, 7) is 4.93. The largest absolute Gasteiger partial charge is 0.480 e. The van der Waals surface area contributed by atoms with Crippen LogP contribution in [0.3, 0.4) is 0 Å². The molecule has 4 rings (SSSR count). The van der Waals surface area contributed by atoms with Crippen LogP contribution in [0.2, 0.25) is 5.02 Å². The van der Waals surface area contributed by atoms with E-state index in [-0.39, 0.29) is 39.0 Å². The van der Waals surface area contributed by atoms with Crippen LogP contribution in [0.4, 0.5) is 10.1 Å². The van der Waals surface area contributed by atoms with Crippen molar-refractivity contribution in [1.29, 1.82) is 0 Å². The molecule has 38 heavy (non-hydrogen) atoms. The lowest BCUT2D eigenvalue weighted by Gasteiger charge is -2.14. The highest BCUT2D eigenvalue weighted by molar-refractivity contribution is 7.92. The number of rotatable bonds is 8. The molecule has 0 radical (unpaired) electrons. The quantitative estimate of drug-likeness (QED) is 0.325. The number of benzene rings is 2. The van der Waals surface area contributed by atoms with Crippen LogP contribution in [0.15, 0.2) is 69.7 Å². The lowest BCUT2D eigenvalue weighted by atomic mass is 10.0. The molecule has 2 heterocycles. The number of ether oxygens (including phenoxy) is 1. The van der Waals surface area contributed by atoms with Gasteiger partial charge in [-0.3, -0.25) is 18.9 Å². The Balaban J connectivity index is 1.74. The zero-order valence-electron chi connectivity index (χ0n) is 20.2. The maximum atomic E-state index is 13.4. The van der Waals surface area contributed by atoms with Gasteiger partial charge in [0.05, 0.1) is 35.3 Å². The third-order valence-electron chi connectivity index (χ3n) is 5.68. The van der Waals surface area contributed by atoms with Gasteiger partial charge in [-0.25, -0.2) is 27.8 Å². The zero-order chi connectivity index (χ0) is 27.6. The van der Waals surface area contributed by atoms with E-state index in [2.05, 4.69) is 26.4 Å². The summed E-state index contributed by atoms with van der Waals surface area (Å²) in [5.41, 5.74) is 1.07. The molecule has 2 aromatic heterocycles. The van der Waals surface area contributed by atoms with Crippen molar-refractivity contribution in [1.82, 2.24) is 14.5 Å². The molecule has 2 aromatic carbocycles. The Morgan fingerprint density at radius 2 is 1.97 bits per heavy atom. The van der Waals surface area contributed by atoms with E-state index in [1.54, 1.807) is 25.1 Å². The van der Waals surface area contributed by atoms with Crippen molar-refractivity contribution in [3.63, 3.8) is 0 Å². The zero-order valence-corrected chi connectivity index (χ0v) is 21.8. The molecule has 0 bridgehead atoms. The number of fused-ring (bicyclic) bond motifs is 1. The number of sulfonamides is 1. The first-order chi connectivity index (χ1) is 18.0. The first-order valence-corrected chi connectivity index (χ1v) is 12.9. The third kappa shape index (κ3) is 5.41. The molecule has 0 saturated heterocycles. The standard InChI is InChI=1S/C25H21ClFN5O5S/c1-14(23(33)28-2)12-32-13-30-20-6-4-15(8-18(20)25(32)34)16-9-21(24(37-3)29-11-16)31-38(35,36)22-7-5-17(27)10-19(22)26/h4-11,13-14,31H,2,12H2,1,3H3/t14-/m1/s1. The van der Waals surface area contributed by atoms with Crippen molar-refractivity contribution in [2.45, 2.75) is 18.4 Å². The van der Waals surface area contributed by atoms with Crippen molar-refractivity contribution in [2.24, 2.45) is 10.9 Å². The molecule has 0 aliphatic carbocycles. The van der Waals surface area contributed by atoms with Gasteiger partial charge >= 0.3 is 0 Å². The average molecular weight is 558 g/mol. The van der Waals surface area contributed by atoms with E-state index in [0.29, 0.717) is 16.6 Å². The topological polar surface area (TPSA) is 133 Å². The van der Waals surface area contributed by atoms with E-state index in [1.807, 2.05) is 0 Å². The summed E-state index contributed by atoms with van der Waals surface area (Å²) in [6, 6.07) is 9.33. The molecular weight excluding hydrogens is 537 g/mol. The SMILES string of the molecule is C=NC(=O)[C@H](C)Cn1cnc2ccc(-c3cnc(OC)c(NS(=O)(=O)c4ccc(F)cc4Cl)c3)cc2c1=O. The number of anilines is 1. The van der Waals surface area contributed by atoms with E-state index in [9.17, 15) is 22.4 Å². The molecule has 1 atom stereocenters. The molecule has 10 nitrogen and oxygen atoms in total. The number of methoxy groups -OCH3 is 1. The number of nitrogens with one attached hydrogen (secondary N) is 1. The summed E-state index contributed by atoms with van der Waals surface area (Å²) in [7, 11) is -2.91. The summed E-state index contributed by atoms with van der Waals surface area (Å²) in [5.74, 6) is -1.70. The molecule has 13 heteroatoms. The van der Waals surface area contributed by atoms with Gasteiger partial charge in [-0.05, 0) is 48.7 Å². The Hall–Kier alpha value is -4.16. The number of hydrogen-bond acceptors (Lipinski definition) is 7. The average Bonchev–Trinajstić information content (AvgIpc) is 2.89. The first-order valence-electron chi connectivity index (χ1n) is 11.1. The van der Waals surface area contributed by atoms with Crippen LogP contribution < -0.4 is 15.0 Å². The van der Waals surface area contributed by atoms with Crippen molar-refractivity contribution < 1.29 is 22.3 Å². The minimum absolute atomic E-state index is 0.00153. The fourth-order valence-corrected chi connectivity index (χ4v) is 5.32. The molecule has 0 unspecified atom stereocenters. The molecule has 0 spiro atoms. The highest BCUT2D eigenvalue weighted by Crippen LogP contribution is 2.32. The molecule has 1 N–H and O–H groups in total. The van der Waals surface area contributed by atoms with Crippen LogP contribution in [0.5, 0.6) is 5.88 Å². The number of carbonyl (C=O) groups excluding carboxylic acids is 1. The van der Waals surface area contributed by atoms with E-state index in [1.165, 1.54) is 30.3 Å². The normalized spacial score (nSPS) is 12.2. The second-order valence-electron chi connectivity index (χ2n) is 8.29. The highest BCUT2D eigenvalue weighted by atomic mass is 35.5. The number of halogens is 2. The smallest absolute Gasteiger partial charge is 0.263 e. The van der Waals surface area contributed by atoms with Gasteiger partial charge in [0.1, 0.15) is 16.4 Å². The van der Waals surface area contributed by atoms with Gasteiger partial charge in [-0.1, -0.05) is 24.6 Å². The van der Waals surface area contributed by atoms with Crippen LogP contribution in [-0.2, 0) is 21.4 Å². The van der Waals surface area contributed by atoms with Gasteiger partial charge < -0.3 is 4.74 Å². The monoisotopic (exact) mass is 557 g/mol. The fourth-order valence-electron chi connectivity index (χ4n) is 3.74. The fraction of sp³-hybridized carbons (Fsp3) is 0.160. The van der Waals surface area contributed by atoms with E-state index >= 15 is 0 Å². The Morgan fingerprint density at radius 3 is 2.66 bits per heavy atom. The Labute approximate surface area is 221 Å². The Bertz CT molecular complexity index is 1740. The second-order valence-corrected chi connectivity index (χ2v) is 10.4. The molecular formula is C25H21ClFN5O5S. The van der Waals surface area contributed by atoms with Crippen molar-refractivity contribution in [3.8, 4) is 17.0 Å². The Kier molecular flexibility index (Phi) is 7.56. The summed E-state index contributed by atoms with van der Waals surface area (Å²) in [6.07, 6.45) is 2.81. The number of carbonyl (C=O) groups is 1. The van der Waals surface area contributed by atoms with Gasteiger partial charge in [-0.15, -0.1) is 0 Å². The van der Waals surface area contributed by atoms with Gasteiger partial charge in [0.25, 0.3) is 15.6 Å². The van der Waals surface area contributed by atoms with Gasteiger partial charge in [0.2, 0.25) is 11.8 Å². The summed E-state index contributed by atoms with van der Waals surface area (Å²) in [5, 5.41) is -0.00830. The number of amides is 1. The molecule has 0 aliphatic heterocycles. The van der Waals surface area contributed by atoms with Crippen LogP contribution in [0.25, 0.3) is 22.0 Å². The maximum absolute atomic E-state index is 13.4. The van der Waals surface area contributed by atoms with E-state index in [0.717, 1.165) is 18.2 Å². The summed E-state index contributed by atoms with van der Waals surface area (Å²) in [4.78, 5) is 36.4. The number of hydrogen-bond donors (Lipinski definition) is 1. The molecule has 1 amide bonds. The molecule has 0 saturated carbocycles. The van der Waals surface area contributed by atoms with Crippen molar-refractivity contribution in [2.75, 3.05) is 11.8 Å². The number of aliphatic imine (C=N–C) groups is 1. The van der Waals surface area contributed by atoms with Gasteiger partial charge in [-0.2, -0.15) is 0 Å². The van der Waals surface area contributed by atoms with Crippen molar-refractivity contribution in [3.05, 3.63) is 76.2 Å². The first kappa shape index (κ1) is 26.9. The van der Waals surface area contributed by atoms with Crippen LogP contribution in [0, 0.1) is 11.7 Å². The minimum Gasteiger partial charge on any atom is -0.480 e. The minimum atomic E-state index is -4.23. The van der Waals surface area contributed by atoms with E-state index in [4.69, 9.17) is 16.3 Å². The lowest BCUT2D eigenvalue weighted by Crippen LogP contribution is -2.26. The Morgan fingerprint density at radius 1 is 1.21 bits per heavy atom. The molecule has 196 valence electrons. The maximum Gasteiger partial charge on any atom is 0.263 e. The summed E-state index contributed by atoms with van der Waals surface area (Å²) < 4.78 is 48.3.